The molecule has 0 saturated carbocycles. The van der Waals surface area contributed by atoms with E-state index in [2.05, 4.69) is 0 Å². The van der Waals surface area contributed by atoms with Gasteiger partial charge in [0.15, 0.2) is 5.37 Å². The van der Waals surface area contributed by atoms with E-state index >= 15 is 0 Å². The molecule has 2 unspecified atom stereocenters. The first kappa shape index (κ1) is 24.1. The number of primary amides is 1. The molecule has 0 radical (unpaired) electrons. The Bertz CT molecular complexity index is 1100. The van der Waals surface area contributed by atoms with Crippen molar-refractivity contribution in [2.45, 2.75) is 31.7 Å². The summed E-state index contributed by atoms with van der Waals surface area (Å²) in [6, 6.07) is 1.65. The van der Waals surface area contributed by atoms with Crippen molar-refractivity contribution in [2.24, 2.45) is 5.73 Å². The number of phenols is 1. The fraction of sp³-hybridized carbons (Fsp3) is 0.278. The third kappa shape index (κ3) is 4.16. The van der Waals surface area contributed by atoms with Crippen molar-refractivity contribution in [1.82, 2.24) is 4.90 Å². The molecule has 156 valence electrons. The quantitative estimate of drug-likeness (QED) is 0.264. The van der Waals surface area contributed by atoms with E-state index in [1.54, 1.807) is 0 Å². The van der Waals surface area contributed by atoms with Gasteiger partial charge in [0.1, 0.15) is 11.4 Å². The molecule has 1 aromatic carbocycles. The summed E-state index contributed by atoms with van der Waals surface area (Å²) in [6.07, 6.45) is 3.64. The SMILES string of the molecule is CC(=O)N1c2c(ccc(C)c2O)C(=O)N2C=C(/C=C/C(N)=O)CC2C1S(=O)(=O)O.[H-].[Na+]. The Hall–Kier alpha value is -2.18. The van der Waals surface area contributed by atoms with Gasteiger partial charge in [0.25, 0.3) is 16.0 Å². The molecule has 0 fully saturated rings. The van der Waals surface area contributed by atoms with E-state index in [4.69, 9.17) is 5.73 Å². The fourth-order valence-corrected chi connectivity index (χ4v) is 4.76. The topological polar surface area (TPSA) is 158 Å². The maximum Gasteiger partial charge on any atom is 1.00 e. The molecule has 3 amide bonds. The Morgan fingerprint density at radius 3 is 2.50 bits per heavy atom. The molecule has 30 heavy (non-hydrogen) atoms. The number of benzene rings is 1. The molecule has 1 aromatic rings. The molecular formula is C18H20N3NaO7S. The number of nitrogens with zero attached hydrogens (tertiary/aromatic N) is 2. The average Bonchev–Trinajstić information content (AvgIpc) is 2.98. The minimum Gasteiger partial charge on any atom is -1.00 e. The van der Waals surface area contributed by atoms with Gasteiger partial charge < -0.3 is 17.2 Å². The van der Waals surface area contributed by atoms with Crippen LogP contribution in [-0.2, 0) is 19.7 Å². The number of carbonyl (C=O) groups excluding carboxylic acids is 3. The fourth-order valence-electron chi connectivity index (χ4n) is 3.62. The number of carbonyl (C=O) groups is 3. The Morgan fingerprint density at radius 2 is 1.97 bits per heavy atom. The molecule has 0 aromatic heterocycles. The minimum atomic E-state index is -4.90. The maximum atomic E-state index is 13.1. The molecule has 3 rings (SSSR count). The second-order valence-corrected chi connectivity index (χ2v) is 8.36. The number of anilines is 1. The van der Waals surface area contributed by atoms with E-state index in [1.165, 1.54) is 31.3 Å². The summed E-state index contributed by atoms with van der Waals surface area (Å²) in [5.74, 6) is -2.62. The van der Waals surface area contributed by atoms with Gasteiger partial charge in [-0.05, 0) is 30.5 Å². The first-order valence-electron chi connectivity index (χ1n) is 8.53. The number of aromatic hydroxyl groups is 1. The van der Waals surface area contributed by atoms with Crippen molar-refractivity contribution < 1.29 is 63.4 Å². The summed E-state index contributed by atoms with van der Waals surface area (Å²) in [6.45, 7) is 2.60. The zero-order chi connectivity index (χ0) is 21.7. The summed E-state index contributed by atoms with van der Waals surface area (Å²) in [5, 5.41) is 8.66. The zero-order valence-electron chi connectivity index (χ0n) is 17.6. The number of hydrogen-bond acceptors (Lipinski definition) is 6. The Balaban J connectivity index is 0.00000240. The van der Waals surface area contributed by atoms with Crippen LogP contribution in [0.4, 0.5) is 5.69 Å². The van der Waals surface area contributed by atoms with Crippen molar-refractivity contribution in [2.75, 3.05) is 4.90 Å². The van der Waals surface area contributed by atoms with Crippen LogP contribution in [0.2, 0.25) is 0 Å². The summed E-state index contributed by atoms with van der Waals surface area (Å²) >= 11 is 0. The largest absolute Gasteiger partial charge is 1.00 e. The average molecular weight is 445 g/mol. The normalized spacial score (nSPS) is 20.9. The van der Waals surface area contributed by atoms with Crippen molar-refractivity contribution in [3.8, 4) is 5.75 Å². The van der Waals surface area contributed by atoms with E-state index in [-0.39, 0.29) is 48.7 Å². The Morgan fingerprint density at radius 1 is 1.33 bits per heavy atom. The third-order valence-corrected chi connectivity index (χ3v) is 5.99. The van der Waals surface area contributed by atoms with Gasteiger partial charge in [0.2, 0.25) is 11.8 Å². The van der Waals surface area contributed by atoms with Crippen LogP contribution in [-0.4, -0.2) is 52.1 Å². The maximum absolute atomic E-state index is 13.1. The first-order valence-corrected chi connectivity index (χ1v) is 10.0. The van der Waals surface area contributed by atoms with Crippen molar-refractivity contribution in [1.29, 1.82) is 0 Å². The molecule has 2 aliphatic rings. The first-order chi connectivity index (χ1) is 13.4. The monoisotopic (exact) mass is 445 g/mol. The number of nitrogens with two attached hydrogens (primary N) is 1. The van der Waals surface area contributed by atoms with E-state index in [0.29, 0.717) is 11.1 Å². The standard InChI is InChI=1S/C18H19N3O7S.Na.H/c1-9-3-5-12-15(16(9)24)21(10(2)22)18(29(26,27)28)13-7-11(4-6-14(19)23)8-20(13)17(12)25;;/h3-6,8,13,18,24H,7H2,1-2H3,(H2,19,23)(H,26,27,28);;/q;+1;-1/b6-4+;;. The molecule has 2 aliphatic heterocycles. The summed E-state index contributed by atoms with van der Waals surface area (Å²) in [4.78, 5) is 38.4. The van der Waals surface area contributed by atoms with Crippen LogP contribution in [0.1, 0.15) is 30.7 Å². The van der Waals surface area contributed by atoms with Gasteiger partial charge in [-0.3, -0.25) is 23.8 Å². The van der Waals surface area contributed by atoms with E-state index in [0.717, 1.165) is 22.8 Å². The van der Waals surface area contributed by atoms with Crippen molar-refractivity contribution in [3.63, 3.8) is 0 Å². The van der Waals surface area contributed by atoms with Crippen LogP contribution in [0.15, 0.2) is 36.1 Å². The molecule has 0 spiro atoms. The van der Waals surface area contributed by atoms with Crippen LogP contribution in [0.3, 0.4) is 0 Å². The number of phenolic OH excluding ortho intramolecular Hbond substituents is 1. The van der Waals surface area contributed by atoms with Gasteiger partial charge in [-0.2, -0.15) is 8.42 Å². The van der Waals surface area contributed by atoms with Gasteiger partial charge in [-0.1, -0.05) is 12.1 Å². The smallest absolute Gasteiger partial charge is 1.00 e. The van der Waals surface area contributed by atoms with E-state index < -0.39 is 45.0 Å². The second kappa shape index (κ2) is 8.52. The van der Waals surface area contributed by atoms with Gasteiger partial charge >= 0.3 is 29.6 Å². The summed E-state index contributed by atoms with van der Waals surface area (Å²) < 4.78 is 34.6. The summed E-state index contributed by atoms with van der Waals surface area (Å²) in [7, 11) is -4.90. The number of aryl methyl sites for hydroxylation is 1. The number of allylic oxidation sites excluding steroid dienone is 1. The van der Waals surface area contributed by atoms with Crippen LogP contribution in [0, 0.1) is 6.92 Å². The molecule has 0 bridgehead atoms. The zero-order valence-corrected chi connectivity index (χ0v) is 19.4. The Labute approximate surface area is 196 Å². The molecule has 12 heteroatoms. The van der Waals surface area contributed by atoms with Crippen molar-refractivity contribution in [3.05, 3.63) is 47.2 Å². The molecule has 2 heterocycles. The molecule has 0 aliphatic carbocycles. The number of rotatable bonds is 3. The molecule has 4 N–H and O–H groups in total. The molecule has 10 nitrogen and oxygen atoms in total. The predicted molar refractivity (Wildman–Crippen MR) is 103 cm³/mol. The second-order valence-electron chi connectivity index (χ2n) is 6.85. The van der Waals surface area contributed by atoms with Crippen LogP contribution >= 0.6 is 0 Å². The van der Waals surface area contributed by atoms with Gasteiger partial charge in [0.05, 0.1) is 11.6 Å². The van der Waals surface area contributed by atoms with Gasteiger partial charge in [-0.25, -0.2) is 0 Å². The van der Waals surface area contributed by atoms with Crippen LogP contribution < -0.4 is 40.2 Å². The van der Waals surface area contributed by atoms with Gasteiger partial charge in [0, 0.05) is 19.2 Å². The van der Waals surface area contributed by atoms with Gasteiger partial charge in [-0.15, -0.1) is 0 Å². The molecule has 2 atom stereocenters. The van der Waals surface area contributed by atoms with Crippen LogP contribution in [0.5, 0.6) is 5.75 Å². The third-order valence-electron chi connectivity index (χ3n) is 4.86. The number of hydrogen-bond donors (Lipinski definition) is 3. The van der Waals surface area contributed by atoms with Crippen LogP contribution in [0.25, 0.3) is 0 Å². The van der Waals surface area contributed by atoms with E-state index in [9.17, 15) is 32.5 Å². The predicted octanol–water partition coefficient (Wildman–Crippen LogP) is -2.46. The number of amides is 3. The van der Waals surface area contributed by atoms with Crippen molar-refractivity contribution >= 4 is 33.5 Å². The minimum absolute atomic E-state index is 0. The number of fused-ring (bicyclic) bond motifs is 2. The molecular weight excluding hydrogens is 425 g/mol. The Kier molecular flexibility index (Phi) is 6.84. The summed E-state index contributed by atoms with van der Waals surface area (Å²) in [5.41, 5.74) is 5.42. The molecule has 0 saturated heterocycles. The van der Waals surface area contributed by atoms with E-state index in [1.807, 2.05) is 0 Å².